The highest BCUT2D eigenvalue weighted by Gasteiger charge is 2.21. The van der Waals surface area contributed by atoms with Crippen molar-refractivity contribution in [2.75, 3.05) is 7.11 Å². The quantitative estimate of drug-likeness (QED) is 0.0999. The number of allylic oxidation sites excluding steroid dienone is 1. The number of nitrogens with one attached hydrogen (secondary N) is 1. The van der Waals surface area contributed by atoms with E-state index in [4.69, 9.17) is 14.7 Å². The number of fused-ring (bicyclic) bond motifs is 2. The monoisotopic (exact) mass is 704 g/mol. The van der Waals surface area contributed by atoms with Crippen molar-refractivity contribution in [1.29, 1.82) is 10.5 Å². The number of hydrogen-bond donors (Lipinski definition) is 2. The number of benzene rings is 2. The number of methoxy groups -OCH3 is 1. The summed E-state index contributed by atoms with van der Waals surface area (Å²) in [6.45, 7) is 5.32. The summed E-state index contributed by atoms with van der Waals surface area (Å²) in [5.41, 5.74) is 4.76. The van der Waals surface area contributed by atoms with E-state index < -0.39 is 23.6 Å². The van der Waals surface area contributed by atoms with E-state index in [9.17, 15) is 28.7 Å². The summed E-state index contributed by atoms with van der Waals surface area (Å²) in [6.07, 6.45) is 7.99. The molecule has 0 radical (unpaired) electrons. The number of aliphatic hydroxyl groups is 1. The van der Waals surface area contributed by atoms with Crippen LogP contribution in [0.5, 0.6) is 5.75 Å². The van der Waals surface area contributed by atoms with Gasteiger partial charge in [-0.15, -0.1) is 0 Å². The summed E-state index contributed by atoms with van der Waals surface area (Å²) in [5.74, 6) is -0.401. The van der Waals surface area contributed by atoms with Crippen LogP contribution in [0.15, 0.2) is 85.5 Å². The zero-order valence-electron chi connectivity index (χ0n) is 28.7. The molecule has 0 saturated heterocycles. The van der Waals surface area contributed by atoms with Gasteiger partial charge in [-0.2, -0.15) is 19.3 Å². The molecule has 6 rings (SSSR count). The predicted molar refractivity (Wildman–Crippen MR) is 191 cm³/mol. The number of carbonyl (C=O) groups is 2. The highest BCUT2D eigenvalue weighted by Crippen LogP contribution is 2.29. The molecule has 13 heteroatoms. The number of ether oxygens (including phenoxy) is 2. The lowest BCUT2D eigenvalue weighted by Crippen LogP contribution is -2.26. The number of aromatic amines is 1. The Morgan fingerprint density at radius 3 is 2.23 bits per heavy atom. The molecule has 4 heterocycles. The number of rotatable bonds is 6. The van der Waals surface area contributed by atoms with E-state index in [-0.39, 0.29) is 13.0 Å². The Hall–Kier alpha value is -6.70. The van der Waals surface area contributed by atoms with Crippen LogP contribution in [0.1, 0.15) is 53.4 Å². The summed E-state index contributed by atoms with van der Waals surface area (Å²) in [5, 5.41) is 29.3. The SMILES string of the molecule is CC(C)(C)OC(=O)n1cc(CC#N)c2cc(CO)ccc21.COc1ccc2[nH]cc(/C(C#N)=C/c3ccc(F)nc3)c2c1.O=Cc1ccc(F)nc1. The number of pyridine rings is 2. The molecule has 0 atom stereocenters. The summed E-state index contributed by atoms with van der Waals surface area (Å²) in [7, 11) is 1.60. The summed E-state index contributed by atoms with van der Waals surface area (Å²) < 4.78 is 36.9. The molecule has 0 bridgehead atoms. The number of nitrogens with zero attached hydrogens (tertiary/aromatic N) is 5. The molecule has 264 valence electrons. The smallest absolute Gasteiger partial charge is 0.419 e. The van der Waals surface area contributed by atoms with Crippen LogP contribution in [-0.2, 0) is 17.8 Å². The Bertz CT molecular complexity index is 2290. The molecule has 2 N–H and O–H groups in total. The van der Waals surface area contributed by atoms with Crippen LogP contribution >= 0.6 is 0 Å². The molecule has 11 nitrogen and oxygen atoms in total. The van der Waals surface area contributed by atoms with Gasteiger partial charge in [-0.25, -0.2) is 14.8 Å². The molecule has 0 saturated carbocycles. The molecule has 4 aromatic heterocycles. The topological polar surface area (TPSA) is 167 Å². The second-order valence-corrected chi connectivity index (χ2v) is 12.1. The predicted octanol–water partition coefficient (Wildman–Crippen LogP) is 7.79. The van der Waals surface area contributed by atoms with Crippen molar-refractivity contribution in [2.24, 2.45) is 0 Å². The van der Waals surface area contributed by atoms with E-state index in [0.717, 1.165) is 39.0 Å². The second kappa shape index (κ2) is 17.3. The van der Waals surface area contributed by atoms with Crippen LogP contribution < -0.4 is 4.74 Å². The second-order valence-electron chi connectivity index (χ2n) is 12.1. The van der Waals surface area contributed by atoms with Gasteiger partial charge in [0.15, 0.2) is 6.29 Å². The van der Waals surface area contributed by atoms with Gasteiger partial charge in [0.2, 0.25) is 11.9 Å². The van der Waals surface area contributed by atoms with Crippen molar-refractivity contribution >= 4 is 45.8 Å². The van der Waals surface area contributed by atoms with Crippen molar-refractivity contribution in [1.82, 2.24) is 19.5 Å². The first-order valence-electron chi connectivity index (χ1n) is 15.7. The first-order valence-corrected chi connectivity index (χ1v) is 15.7. The van der Waals surface area contributed by atoms with E-state index in [1.54, 1.807) is 70.6 Å². The molecular weight excluding hydrogens is 670 g/mol. The average molecular weight is 705 g/mol. The van der Waals surface area contributed by atoms with Gasteiger partial charge >= 0.3 is 6.09 Å². The maximum absolute atomic E-state index is 12.9. The van der Waals surface area contributed by atoms with E-state index in [0.29, 0.717) is 34.3 Å². The highest BCUT2D eigenvalue weighted by molar-refractivity contribution is 6.01. The summed E-state index contributed by atoms with van der Waals surface area (Å²) in [6, 6.07) is 20.5. The number of aromatic nitrogens is 4. The Morgan fingerprint density at radius 2 is 1.67 bits per heavy atom. The van der Waals surface area contributed by atoms with Gasteiger partial charge in [0.05, 0.1) is 43.4 Å². The van der Waals surface area contributed by atoms with Crippen LogP contribution in [0.2, 0.25) is 0 Å². The molecule has 0 aliphatic rings. The Morgan fingerprint density at radius 1 is 0.981 bits per heavy atom. The van der Waals surface area contributed by atoms with E-state index in [1.165, 1.54) is 29.1 Å². The third-order valence-corrected chi connectivity index (χ3v) is 7.24. The van der Waals surface area contributed by atoms with E-state index in [2.05, 4.69) is 27.1 Å². The third-order valence-electron chi connectivity index (χ3n) is 7.24. The maximum atomic E-state index is 12.9. The van der Waals surface area contributed by atoms with Crippen LogP contribution in [0.4, 0.5) is 13.6 Å². The fraction of sp³-hybridized carbons (Fsp3) is 0.179. The minimum absolute atomic E-state index is 0.0838. The Labute approximate surface area is 298 Å². The number of halogens is 2. The fourth-order valence-corrected chi connectivity index (χ4v) is 4.85. The molecule has 6 aromatic rings. The van der Waals surface area contributed by atoms with Crippen LogP contribution in [0, 0.1) is 34.6 Å². The fourth-order valence-electron chi connectivity index (χ4n) is 4.85. The lowest BCUT2D eigenvalue weighted by Gasteiger charge is -2.19. The molecule has 0 aliphatic carbocycles. The van der Waals surface area contributed by atoms with Gasteiger partial charge in [-0.1, -0.05) is 6.07 Å². The van der Waals surface area contributed by atoms with E-state index in [1.807, 2.05) is 18.2 Å². The molecule has 0 spiro atoms. The lowest BCUT2D eigenvalue weighted by atomic mass is 10.0. The van der Waals surface area contributed by atoms with Crippen LogP contribution in [-0.4, -0.2) is 49.7 Å². The minimum atomic E-state index is -0.589. The van der Waals surface area contributed by atoms with Gasteiger partial charge < -0.3 is 19.6 Å². The summed E-state index contributed by atoms with van der Waals surface area (Å²) >= 11 is 0. The normalized spacial score (nSPS) is 11.0. The average Bonchev–Trinajstić information content (AvgIpc) is 3.72. The number of carbonyl (C=O) groups excluding carboxylic acids is 2. The van der Waals surface area contributed by atoms with Crippen molar-refractivity contribution in [3.05, 3.63) is 125 Å². The standard InChI is InChI=1S/C17H12FN3O.C16H18N2O3.C6H4FNO/c1-22-13-3-4-16-14(7-13)15(10-20-16)12(8-19)6-11-2-5-17(18)21-9-11;1-16(2,3)21-15(20)18-9-12(6-7-17)13-8-11(10-19)4-5-14(13)18;7-6-2-1-5(4-9)3-8-6/h2-7,9-10,20H,1H3;4-5,8-9,19H,6,10H2,1-3H3;1-4H/b12-6+;;. The third kappa shape index (κ3) is 9.94. The molecule has 52 heavy (non-hydrogen) atoms. The largest absolute Gasteiger partial charge is 0.497 e. The van der Waals surface area contributed by atoms with Crippen molar-refractivity contribution in [2.45, 2.75) is 39.4 Å². The molecule has 0 aliphatic heterocycles. The molecule has 2 aromatic carbocycles. The number of hydrogen-bond acceptors (Lipinski definition) is 9. The van der Waals surface area contributed by atoms with Gasteiger partial charge in [-0.05, 0) is 98.1 Å². The minimum Gasteiger partial charge on any atom is -0.497 e. The number of aldehydes is 1. The van der Waals surface area contributed by atoms with Crippen LogP contribution in [0.3, 0.4) is 0 Å². The maximum Gasteiger partial charge on any atom is 0.419 e. The molecule has 0 unspecified atom stereocenters. The number of aliphatic hydroxyl groups excluding tert-OH is 1. The first kappa shape index (κ1) is 38.1. The molecular formula is C39H34F2N6O5. The number of nitriles is 2. The zero-order chi connectivity index (χ0) is 37.8. The summed E-state index contributed by atoms with van der Waals surface area (Å²) in [4.78, 5) is 32.2. The Kier molecular flexibility index (Phi) is 12.7. The van der Waals surface area contributed by atoms with Gasteiger partial charge in [0.1, 0.15) is 11.4 Å². The van der Waals surface area contributed by atoms with Crippen molar-refractivity contribution in [3.8, 4) is 17.9 Å². The highest BCUT2D eigenvalue weighted by atomic mass is 19.1. The first-order chi connectivity index (χ1) is 24.9. The van der Waals surface area contributed by atoms with Gasteiger partial charge in [-0.3, -0.25) is 9.36 Å². The lowest BCUT2D eigenvalue weighted by molar-refractivity contribution is 0.0544. The molecule has 0 fully saturated rings. The zero-order valence-corrected chi connectivity index (χ0v) is 28.7. The van der Waals surface area contributed by atoms with Crippen molar-refractivity contribution < 1.29 is 33.0 Å². The van der Waals surface area contributed by atoms with Crippen molar-refractivity contribution in [3.63, 3.8) is 0 Å². The van der Waals surface area contributed by atoms with Crippen LogP contribution in [0.25, 0.3) is 33.5 Å². The van der Waals surface area contributed by atoms with E-state index >= 15 is 0 Å². The molecule has 0 amide bonds. The van der Waals surface area contributed by atoms with Gasteiger partial charge in [0, 0.05) is 52.2 Å². The Balaban J connectivity index is 0.000000189. The number of H-pyrrole nitrogens is 1. The van der Waals surface area contributed by atoms with Gasteiger partial charge in [0.25, 0.3) is 0 Å².